The monoisotopic (exact) mass is 1110 g/mol. The number of anilines is 2. The van der Waals surface area contributed by atoms with Crippen molar-refractivity contribution in [2.75, 3.05) is 110 Å². The van der Waals surface area contributed by atoms with Crippen molar-refractivity contribution >= 4 is 89.4 Å². The van der Waals surface area contributed by atoms with Gasteiger partial charge in [0.25, 0.3) is 20.2 Å². The fraction of sp³-hybridized carbons (Fsp3) is 0.417. The number of nitrogen functional groups attached to an aromatic ring is 1. The van der Waals surface area contributed by atoms with Crippen LogP contribution in [0.15, 0.2) is 74.6 Å². The zero-order chi connectivity index (χ0) is 56.8. The Kier molecular flexibility index (Phi) is 21.4. The lowest BCUT2D eigenvalue weighted by Crippen LogP contribution is -2.52. The number of carboxylic acid groups (broad SMARTS) is 3. The minimum Gasteiger partial charge on any atom is -0.505 e. The number of fused-ring (bicyclic) bond motifs is 1. The van der Waals surface area contributed by atoms with Gasteiger partial charge < -0.3 is 46.8 Å². The van der Waals surface area contributed by atoms with Crippen molar-refractivity contribution in [2.45, 2.75) is 42.5 Å². The molecule has 27 nitrogen and oxygen atoms in total. The Balaban J connectivity index is 1.26. The van der Waals surface area contributed by atoms with Crippen molar-refractivity contribution in [1.82, 2.24) is 30.2 Å². The molecule has 0 saturated carbocycles. The highest BCUT2D eigenvalue weighted by molar-refractivity contribution is 7.87. The number of hydrogen-bond acceptors (Lipinski definition) is 19. The van der Waals surface area contributed by atoms with E-state index in [1.807, 2.05) is 6.07 Å². The molecule has 0 bridgehead atoms. The van der Waals surface area contributed by atoms with E-state index in [1.165, 1.54) is 13.2 Å². The molecule has 1 heterocycles. The number of aryl methyl sites for hydroxylation is 2. The summed E-state index contributed by atoms with van der Waals surface area (Å²) in [5, 5.41) is 55.3. The van der Waals surface area contributed by atoms with Crippen molar-refractivity contribution < 1.29 is 79.9 Å². The Morgan fingerprint density at radius 3 is 1.62 bits per heavy atom. The number of amides is 3. The number of hydrogen-bond donors (Lipinski definition) is 10. The van der Waals surface area contributed by atoms with Gasteiger partial charge in [0.15, 0.2) is 5.75 Å². The lowest BCUT2D eigenvalue weighted by molar-refractivity contribution is -0.140. The summed E-state index contributed by atoms with van der Waals surface area (Å²) in [4.78, 5) is 80.0. The van der Waals surface area contributed by atoms with Crippen molar-refractivity contribution in [2.24, 2.45) is 10.2 Å². The largest absolute Gasteiger partial charge is 0.505 e. The highest BCUT2D eigenvalue weighted by Crippen LogP contribution is 2.44. The van der Waals surface area contributed by atoms with Crippen LogP contribution in [0, 0.1) is 13.8 Å². The first-order valence-corrected chi connectivity index (χ1v) is 26.7. The molecule has 3 amide bonds. The molecule has 77 heavy (non-hydrogen) atoms. The number of ether oxygens (including phenoxy) is 1. The van der Waals surface area contributed by atoms with E-state index in [-0.39, 0.29) is 116 Å². The number of benzene rings is 4. The Morgan fingerprint density at radius 2 is 1.14 bits per heavy atom. The molecule has 1 saturated heterocycles. The highest BCUT2D eigenvalue weighted by Gasteiger charge is 2.28. The number of methoxy groups -OCH3 is 1. The van der Waals surface area contributed by atoms with Crippen LogP contribution in [0.5, 0.6) is 5.75 Å². The number of phenolic OH excluding ortho intramolecular Hbond substituents is 1. The third-order valence-electron chi connectivity index (χ3n) is 12.4. The fourth-order valence-electron chi connectivity index (χ4n) is 8.39. The summed E-state index contributed by atoms with van der Waals surface area (Å²) in [5.41, 5.74) is 8.57. The maximum Gasteiger partial charge on any atom is 0.317 e. The van der Waals surface area contributed by atoms with E-state index in [4.69, 9.17) is 10.5 Å². The summed E-state index contributed by atoms with van der Waals surface area (Å²) in [5.74, 6) is -5.70. The smallest absolute Gasteiger partial charge is 0.317 e. The van der Waals surface area contributed by atoms with E-state index in [1.54, 1.807) is 63.8 Å². The molecule has 0 aromatic heterocycles. The predicted octanol–water partition coefficient (Wildman–Crippen LogP) is 1.76. The highest BCUT2D eigenvalue weighted by atomic mass is 32.2. The normalized spacial score (nSPS) is 15.3. The average Bonchev–Trinajstić information content (AvgIpc) is 3.33. The molecular weight excluding hydrogens is 1050 g/mol. The van der Waals surface area contributed by atoms with Crippen molar-refractivity contribution in [3.05, 3.63) is 65.7 Å². The van der Waals surface area contributed by atoms with Crippen LogP contribution in [0.3, 0.4) is 0 Å². The fourth-order valence-corrected chi connectivity index (χ4v) is 9.82. The van der Waals surface area contributed by atoms with Gasteiger partial charge in [0.2, 0.25) is 17.7 Å². The molecule has 418 valence electrons. The molecular formula is C48H62N10O17S2. The zero-order valence-electron chi connectivity index (χ0n) is 42.3. The lowest BCUT2D eigenvalue weighted by atomic mass is 10.00. The molecule has 1 aliphatic heterocycles. The molecule has 11 N–H and O–H groups in total. The minimum atomic E-state index is -5.11. The van der Waals surface area contributed by atoms with E-state index in [9.17, 15) is 75.1 Å². The molecule has 1 fully saturated rings. The van der Waals surface area contributed by atoms with Crippen molar-refractivity contribution in [3.8, 4) is 16.9 Å². The lowest BCUT2D eigenvalue weighted by Gasteiger charge is -2.33. The summed E-state index contributed by atoms with van der Waals surface area (Å²) >= 11 is 0. The third kappa shape index (κ3) is 17.9. The summed E-state index contributed by atoms with van der Waals surface area (Å²) in [6.45, 7) is 3.93. The molecule has 4 aromatic rings. The van der Waals surface area contributed by atoms with Crippen LogP contribution in [0.4, 0.5) is 22.7 Å². The maximum absolute atomic E-state index is 13.7. The molecule has 1 atom stereocenters. The van der Waals surface area contributed by atoms with E-state index in [0.717, 1.165) is 17.2 Å². The molecule has 1 unspecified atom stereocenters. The molecule has 1 aliphatic rings. The molecule has 0 spiro atoms. The van der Waals surface area contributed by atoms with Crippen LogP contribution in [0.25, 0.3) is 21.9 Å². The van der Waals surface area contributed by atoms with Crippen molar-refractivity contribution in [3.63, 3.8) is 0 Å². The SMILES string of the molecule is COCCNC(=O)C(CCC(=O)Nc1ccc(-c2ccc(N=Nc3ccc4c(S(=O)(=O)O)cc(S(=O)(=O)O)c(N)c4c3O)c(C)c2)cc1C)NC(=O)CN1CCN(CC(=O)O)CCN(CC(=O)O)CCN(CC(=O)O)CC1. The third-order valence-corrected chi connectivity index (χ3v) is 14.1. The van der Waals surface area contributed by atoms with Crippen LogP contribution in [0.2, 0.25) is 0 Å². The number of carbonyl (C=O) groups is 6. The minimum absolute atomic E-state index is 0.111. The second kappa shape index (κ2) is 27.2. The number of aliphatic carboxylic acids is 3. The number of aromatic hydroxyl groups is 1. The Hall–Kier alpha value is -7.22. The second-order valence-electron chi connectivity index (χ2n) is 18.1. The standard InChI is InChI=1S/C48H62N10O17S2/c1-29-22-31(32-5-8-35(30(2)23-32)53-54-36-9-6-33-38(76(69,70)71)24-39(77(72,73)74)46(49)45(33)47(36)67)4-7-34(29)51-40(59)11-10-37(48(68)50-12-21-75-3)52-41(60)25-55-13-15-56(26-42(61)62)17-19-58(28-44(65)66)20-18-57(16-14-55)27-43(63)64/h4-9,22-24,37,67H,10-21,25-28,49H2,1-3H3,(H,50,68)(H,51,59)(H,52,60)(H,61,62)(H,63,64)(H,65,66)(H,69,70,71)(H,72,73,74). The van der Waals surface area contributed by atoms with E-state index >= 15 is 0 Å². The Labute approximate surface area is 443 Å². The van der Waals surface area contributed by atoms with Gasteiger partial charge in [-0.05, 0) is 78.9 Å². The summed E-state index contributed by atoms with van der Waals surface area (Å²) in [7, 11) is -8.72. The summed E-state index contributed by atoms with van der Waals surface area (Å²) in [6.07, 6.45) is -0.307. The van der Waals surface area contributed by atoms with Gasteiger partial charge in [0.1, 0.15) is 21.5 Å². The predicted molar refractivity (Wildman–Crippen MR) is 279 cm³/mol. The van der Waals surface area contributed by atoms with Crippen LogP contribution in [-0.4, -0.2) is 206 Å². The van der Waals surface area contributed by atoms with Gasteiger partial charge in [-0.3, -0.25) is 57.5 Å². The average molecular weight is 1120 g/mol. The van der Waals surface area contributed by atoms with E-state index in [2.05, 4.69) is 26.2 Å². The topological polar surface area (TPSA) is 401 Å². The van der Waals surface area contributed by atoms with Gasteiger partial charge in [-0.15, -0.1) is 5.11 Å². The first-order valence-electron chi connectivity index (χ1n) is 23.8. The Morgan fingerprint density at radius 1 is 0.662 bits per heavy atom. The molecule has 0 aliphatic carbocycles. The summed E-state index contributed by atoms with van der Waals surface area (Å²) in [6, 6.07) is 12.0. The molecule has 0 radical (unpaired) electrons. The first-order chi connectivity index (χ1) is 36.2. The van der Waals surface area contributed by atoms with Crippen LogP contribution in [-0.2, 0) is 53.7 Å². The quantitative estimate of drug-likeness (QED) is 0.0232. The number of azo groups is 1. The molecule has 29 heteroatoms. The van der Waals surface area contributed by atoms with Gasteiger partial charge in [-0.2, -0.15) is 21.9 Å². The van der Waals surface area contributed by atoms with Crippen LogP contribution in [0.1, 0.15) is 24.0 Å². The number of rotatable bonds is 22. The molecule has 4 aromatic carbocycles. The number of phenols is 1. The van der Waals surface area contributed by atoms with Gasteiger partial charge in [0, 0.05) is 83.5 Å². The number of nitrogens with zero attached hydrogens (tertiary/aromatic N) is 6. The van der Waals surface area contributed by atoms with Gasteiger partial charge in [-0.1, -0.05) is 18.2 Å². The maximum atomic E-state index is 13.7. The first kappa shape index (κ1) is 60.6. The molecule has 5 rings (SSSR count). The van der Waals surface area contributed by atoms with Gasteiger partial charge in [0.05, 0.1) is 49.5 Å². The van der Waals surface area contributed by atoms with Crippen molar-refractivity contribution in [1.29, 1.82) is 0 Å². The van der Waals surface area contributed by atoms with Gasteiger partial charge >= 0.3 is 17.9 Å². The van der Waals surface area contributed by atoms with Crippen LogP contribution >= 0.6 is 0 Å². The Bertz CT molecular complexity index is 3090. The summed E-state index contributed by atoms with van der Waals surface area (Å²) < 4.78 is 72.7. The van der Waals surface area contributed by atoms with E-state index < -0.39 is 88.5 Å². The van der Waals surface area contributed by atoms with Crippen LogP contribution < -0.4 is 21.7 Å². The number of nitrogens with two attached hydrogens (primary N) is 1. The number of carboxylic acids is 3. The zero-order valence-corrected chi connectivity index (χ0v) is 44.0. The number of carbonyl (C=O) groups excluding carboxylic acids is 3. The van der Waals surface area contributed by atoms with E-state index in [0.29, 0.717) is 28.6 Å². The number of nitrogens with one attached hydrogen (secondary N) is 3. The van der Waals surface area contributed by atoms with Gasteiger partial charge in [-0.25, -0.2) is 0 Å². The second-order valence-corrected chi connectivity index (χ2v) is 20.9.